The summed E-state index contributed by atoms with van der Waals surface area (Å²) < 4.78 is 13.0. The van der Waals surface area contributed by atoms with Crippen LogP contribution in [0.5, 0.6) is 0 Å². The summed E-state index contributed by atoms with van der Waals surface area (Å²) in [5, 5.41) is 0. The average Bonchev–Trinajstić information content (AvgIpc) is 3.50. The fraction of sp³-hybridized carbons (Fsp3) is 0.364. The molecule has 0 bridgehead atoms. The molecule has 140 valence electrons. The van der Waals surface area contributed by atoms with E-state index in [0.717, 1.165) is 17.5 Å². The van der Waals surface area contributed by atoms with E-state index in [1.807, 2.05) is 40.1 Å². The Morgan fingerprint density at radius 1 is 0.889 bits per heavy atom. The van der Waals surface area contributed by atoms with Gasteiger partial charge in [0.25, 0.3) is 0 Å². The van der Waals surface area contributed by atoms with Gasteiger partial charge in [-0.15, -0.1) is 0 Å². The standard InChI is InChI=1S/C22H23FN2O2/c23-18-8-6-17(7-9-18)19-15-20(19)22(27)25-12-10-24(11-13-25)21(26)14-16-4-2-1-3-5-16/h1-9,19-20H,10-15H2. The van der Waals surface area contributed by atoms with Gasteiger partial charge in [0.1, 0.15) is 5.82 Å². The van der Waals surface area contributed by atoms with Crippen LogP contribution in [0.4, 0.5) is 4.39 Å². The Balaban J connectivity index is 1.27. The van der Waals surface area contributed by atoms with E-state index in [2.05, 4.69) is 0 Å². The quantitative estimate of drug-likeness (QED) is 0.835. The third-order valence-corrected chi connectivity index (χ3v) is 5.55. The van der Waals surface area contributed by atoms with Crippen LogP contribution in [0.15, 0.2) is 54.6 Å². The van der Waals surface area contributed by atoms with Crippen LogP contribution in [0.3, 0.4) is 0 Å². The van der Waals surface area contributed by atoms with Crippen LogP contribution in [-0.4, -0.2) is 47.8 Å². The van der Waals surface area contributed by atoms with Crippen LogP contribution in [0.2, 0.25) is 0 Å². The van der Waals surface area contributed by atoms with E-state index < -0.39 is 0 Å². The van der Waals surface area contributed by atoms with Gasteiger partial charge in [0.2, 0.25) is 11.8 Å². The molecule has 0 N–H and O–H groups in total. The smallest absolute Gasteiger partial charge is 0.227 e. The van der Waals surface area contributed by atoms with Crippen LogP contribution in [-0.2, 0) is 16.0 Å². The highest BCUT2D eigenvalue weighted by Crippen LogP contribution is 2.48. The zero-order valence-corrected chi connectivity index (χ0v) is 15.2. The van der Waals surface area contributed by atoms with Crippen molar-refractivity contribution in [2.45, 2.75) is 18.8 Å². The maximum atomic E-state index is 13.0. The molecule has 1 heterocycles. The van der Waals surface area contributed by atoms with Gasteiger partial charge in [-0.05, 0) is 35.6 Å². The minimum atomic E-state index is -0.251. The van der Waals surface area contributed by atoms with Crippen molar-refractivity contribution in [2.75, 3.05) is 26.2 Å². The zero-order chi connectivity index (χ0) is 18.8. The summed E-state index contributed by atoms with van der Waals surface area (Å²) in [6, 6.07) is 16.2. The van der Waals surface area contributed by atoms with Crippen molar-refractivity contribution in [3.63, 3.8) is 0 Å². The first-order valence-electron chi connectivity index (χ1n) is 9.48. The van der Waals surface area contributed by atoms with Gasteiger partial charge >= 0.3 is 0 Å². The van der Waals surface area contributed by atoms with E-state index in [1.165, 1.54) is 12.1 Å². The predicted molar refractivity (Wildman–Crippen MR) is 101 cm³/mol. The lowest BCUT2D eigenvalue weighted by Gasteiger charge is -2.35. The molecule has 1 aliphatic carbocycles. The van der Waals surface area contributed by atoms with Gasteiger partial charge < -0.3 is 9.80 Å². The van der Waals surface area contributed by atoms with E-state index in [1.54, 1.807) is 12.1 Å². The lowest BCUT2D eigenvalue weighted by Crippen LogP contribution is -2.51. The van der Waals surface area contributed by atoms with Crippen molar-refractivity contribution in [1.29, 1.82) is 0 Å². The van der Waals surface area contributed by atoms with Crippen LogP contribution >= 0.6 is 0 Å². The van der Waals surface area contributed by atoms with E-state index in [0.29, 0.717) is 32.6 Å². The van der Waals surface area contributed by atoms with Crippen molar-refractivity contribution >= 4 is 11.8 Å². The third kappa shape index (κ3) is 4.02. The van der Waals surface area contributed by atoms with Gasteiger partial charge in [0, 0.05) is 32.1 Å². The zero-order valence-electron chi connectivity index (χ0n) is 15.2. The normalized spacial score (nSPS) is 21.8. The van der Waals surface area contributed by atoms with Crippen molar-refractivity contribution in [2.24, 2.45) is 5.92 Å². The maximum absolute atomic E-state index is 13.0. The second-order valence-electron chi connectivity index (χ2n) is 7.37. The first-order valence-corrected chi connectivity index (χ1v) is 9.48. The third-order valence-electron chi connectivity index (χ3n) is 5.55. The number of halogens is 1. The first kappa shape index (κ1) is 17.7. The number of piperazine rings is 1. The number of benzene rings is 2. The largest absolute Gasteiger partial charge is 0.339 e. The highest BCUT2D eigenvalue weighted by Gasteiger charge is 2.46. The number of carbonyl (C=O) groups is 2. The Morgan fingerprint density at radius 3 is 2.19 bits per heavy atom. The summed E-state index contributed by atoms with van der Waals surface area (Å²) in [4.78, 5) is 28.9. The van der Waals surface area contributed by atoms with Crippen LogP contribution in [0.1, 0.15) is 23.5 Å². The number of carbonyl (C=O) groups excluding carboxylic acids is 2. The molecule has 0 spiro atoms. The van der Waals surface area contributed by atoms with Crippen LogP contribution in [0.25, 0.3) is 0 Å². The molecular formula is C22H23FN2O2. The predicted octanol–water partition coefficient (Wildman–Crippen LogP) is 2.84. The fourth-order valence-corrected chi connectivity index (χ4v) is 3.84. The molecule has 2 aliphatic rings. The Morgan fingerprint density at radius 2 is 1.52 bits per heavy atom. The van der Waals surface area contributed by atoms with Crippen molar-refractivity contribution < 1.29 is 14.0 Å². The Hall–Kier alpha value is -2.69. The van der Waals surface area contributed by atoms with Gasteiger partial charge in [-0.2, -0.15) is 0 Å². The van der Waals surface area contributed by atoms with Crippen molar-refractivity contribution in [1.82, 2.24) is 9.80 Å². The molecule has 0 aromatic heterocycles. The summed E-state index contributed by atoms with van der Waals surface area (Å²) in [5.41, 5.74) is 2.05. The Kier molecular flexibility index (Phi) is 4.92. The number of rotatable bonds is 4. The molecule has 4 nitrogen and oxygen atoms in total. The molecule has 2 unspecified atom stereocenters. The molecule has 1 saturated carbocycles. The molecule has 27 heavy (non-hydrogen) atoms. The minimum absolute atomic E-state index is 0.00188. The van der Waals surface area contributed by atoms with Gasteiger partial charge in [0.15, 0.2) is 0 Å². The Bertz CT molecular complexity index is 814. The van der Waals surface area contributed by atoms with Gasteiger partial charge in [-0.25, -0.2) is 4.39 Å². The number of hydrogen-bond donors (Lipinski definition) is 0. The summed E-state index contributed by atoms with van der Waals surface area (Å²) in [6.07, 6.45) is 1.24. The summed E-state index contributed by atoms with van der Waals surface area (Å²) in [7, 11) is 0. The van der Waals surface area contributed by atoms with E-state index >= 15 is 0 Å². The summed E-state index contributed by atoms with van der Waals surface area (Å²) in [5.74, 6) is 0.236. The SMILES string of the molecule is O=C(Cc1ccccc1)N1CCN(C(=O)C2CC2c2ccc(F)cc2)CC1. The number of amides is 2. The van der Waals surface area contributed by atoms with Crippen LogP contribution < -0.4 is 0 Å². The maximum Gasteiger partial charge on any atom is 0.227 e. The van der Waals surface area contributed by atoms with Crippen LogP contribution in [0, 0.1) is 11.7 Å². The van der Waals surface area contributed by atoms with E-state index in [-0.39, 0.29) is 29.5 Å². The summed E-state index contributed by atoms with van der Waals surface area (Å²) in [6.45, 7) is 2.36. The molecule has 2 aromatic rings. The number of nitrogens with zero attached hydrogens (tertiary/aromatic N) is 2. The van der Waals surface area contributed by atoms with E-state index in [9.17, 15) is 14.0 Å². The molecule has 5 heteroatoms. The van der Waals surface area contributed by atoms with Gasteiger partial charge in [-0.1, -0.05) is 42.5 Å². The molecule has 2 fully saturated rings. The van der Waals surface area contributed by atoms with Crippen molar-refractivity contribution in [3.05, 3.63) is 71.5 Å². The average molecular weight is 366 g/mol. The van der Waals surface area contributed by atoms with Gasteiger partial charge in [-0.3, -0.25) is 9.59 Å². The lowest BCUT2D eigenvalue weighted by atomic mass is 10.1. The Labute approximate surface area is 158 Å². The summed E-state index contributed by atoms with van der Waals surface area (Å²) >= 11 is 0. The van der Waals surface area contributed by atoms with Crippen molar-refractivity contribution in [3.8, 4) is 0 Å². The number of hydrogen-bond acceptors (Lipinski definition) is 2. The highest BCUT2D eigenvalue weighted by molar-refractivity contribution is 5.84. The molecular weight excluding hydrogens is 343 g/mol. The molecule has 1 aliphatic heterocycles. The van der Waals surface area contributed by atoms with Gasteiger partial charge in [0.05, 0.1) is 6.42 Å². The minimum Gasteiger partial charge on any atom is -0.339 e. The molecule has 2 atom stereocenters. The fourth-order valence-electron chi connectivity index (χ4n) is 3.84. The second-order valence-corrected chi connectivity index (χ2v) is 7.37. The van der Waals surface area contributed by atoms with E-state index in [4.69, 9.17) is 0 Å². The molecule has 2 amide bonds. The lowest BCUT2D eigenvalue weighted by molar-refractivity contribution is -0.140. The molecule has 2 aromatic carbocycles. The molecule has 4 rings (SSSR count). The monoisotopic (exact) mass is 366 g/mol. The molecule has 1 saturated heterocycles. The highest BCUT2D eigenvalue weighted by atomic mass is 19.1. The topological polar surface area (TPSA) is 40.6 Å². The molecule has 0 radical (unpaired) electrons. The second kappa shape index (κ2) is 7.51. The first-order chi connectivity index (χ1) is 13.1.